The van der Waals surface area contributed by atoms with Crippen LogP contribution in [0.4, 0.5) is 5.69 Å². The van der Waals surface area contributed by atoms with Gasteiger partial charge in [-0.2, -0.15) is 0 Å². The Morgan fingerprint density at radius 1 is 1.35 bits per heavy atom. The average molecular weight is 300 g/mol. The molecule has 7 nitrogen and oxygen atoms in total. The third kappa shape index (κ3) is 1.95. The molecular formula is C12H14ClN3O4. The van der Waals surface area contributed by atoms with E-state index in [9.17, 15) is 10.2 Å². The molecule has 0 saturated carbocycles. The highest BCUT2D eigenvalue weighted by atomic mass is 35.5. The molecule has 108 valence electrons. The summed E-state index contributed by atoms with van der Waals surface area (Å²) < 4.78 is 6.91. The molecule has 0 aliphatic carbocycles. The van der Waals surface area contributed by atoms with Gasteiger partial charge in [-0.15, -0.1) is 0 Å². The Balaban J connectivity index is 2.10. The van der Waals surface area contributed by atoms with Crippen LogP contribution >= 0.6 is 11.6 Å². The van der Waals surface area contributed by atoms with Crippen LogP contribution in [0, 0.1) is 0 Å². The first-order chi connectivity index (χ1) is 9.52. The summed E-state index contributed by atoms with van der Waals surface area (Å²) in [6, 6.07) is 5.05. The number of anilines is 1. The fraction of sp³-hybridized carbons (Fsp3) is 0.417. The van der Waals surface area contributed by atoms with E-state index < -0.39 is 31.1 Å². The number of nitrogen functional groups attached to an aromatic ring is 1. The zero-order valence-electron chi connectivity index (χ0n) is 10.3. The SMILES string of the molecule is Nc1ccc2nc(Cl)n(C3O[C@H](CO)[C@@H](O)[C@H]3O)c2c1. The first-order valence-corrected chi connectivity index (χ1v) is 6.46. The number of halogens is 1. The number of nitrogens with zero attached hydrogens (tertiary/aromatic N) is 2. The van der Waals surface area contributed by atoms with Crippen molar-refractivity contribution in [2.45, 2.75) is 24.5 Å². The molecule has 1 fully saturated rings. The number of aliphatic hydroxyl groups excluding tert-OH is 3. The van der Waals surface area contributed by atoms with Gasteiger partial charge in [-0.3, -0.25) is 4.57 Å². The lowest BCUT2D eigenvalue weighted by molar-refractivity contribution is -0.0507. The van der Waals surface area contributed by atoms with E-state index in [2.05, 4.69) is 4.98 Å². The van der Waals surface area contributed by atoms with Crippen molar-refractivity contribution in [3.63, 3.8) is 0 Å². The summed E-state index contributed by atoms with van der Waals surface area (Å²) in [5.41, 5.74) is 7.44. The van der Waals surface area contributed by atoms with Crippen molar-refractivity contribution in [3.05, 3.63) is 23.5 Å². The van der Waals surface area contributed by atoms with Gasteiger partial charge in [0.2, 0.25) is 5.28 Å². The van der Waals surface area contributed by atoms with Crippen molar-refractivity contribution in [1.82, 2.24) is 9.55 Å². The maximum atomic E-state index is 10.1. The number of hydrogen-bond acceptors (Lipinski definition) is 6. The quantitative estimate of drug-likeness (QED) is 0.575. The maximum absolute atomic E-state index is 10.1. The summed E-state index contributed by atoms with van der Waals surface area (Å²) in [5.74, 6) is 0. The van der Waals surface area contributed by atoms with Gasteiger partial charge in [-0.05, 0) is 29.8 Å². The third-order valence-electron chi connectivity index (χ3n) is 3.44. The zero-order valence-corrected chi connectivity index (χ0v) is 11.1. The van der Waals surface area contributed by atoms with Crippen LogP contribution in [0.15, 0.2) is 18.2 Å². The van der Waals surface area contributed by atoms with E-state index in [1.54, 1.807) is 18.2 Å². The van der Waals surface area contributed by atoms with Gasteiger partial charge in [-0.1, -0.05) is 0 Å². The van der Waals surface area contributed by atoms with Crippen LogP contribution in [0.25, 0.3) is 11.0 Å². The smallest absolute Gasteiger partial charge is 0.206 e. The van der Waals surface area contributed by atoms with Crippen LogP contribution in [0.5, 0.6) is 0 Å². The molecule has 2 aromatic rings. The monoisotopic (exact) mass is 299 g/mol. The normalized spacial score (nSPS) is 30.2. The van der Waals surface area contributed by atoms with Gasteiger partial charge in [-0.25, -0.2) is 4.98 Å². The minimum absolute atomic E-state index is 0.112. The Morgan fingerprint density at radius 2 is 2.10 bits per heavy atom. The Labute approximate surface area is 119 Å². The minimum atomic E-state index is -1.22. The molecule has 0 amide bonds. The summed E-state index contributed by atoms with van der Waals surface area (Å²) in [4.78, 5) is 4.15. The minimum Gasteiger partial charge on any atom is -0.399 e. The maximum Gasteiger partial charge on any atom is 0.206 e. The number of aromatic nitrogens is 2. The van der Waals surface area contributed by atoms with Gasteiger partial charge in [0.1, 0.15) is 18.3 Å². The molecule has 5 N–H and O–H groups in total. The summed E-state index contributed by atoms with van der Waals surface area (Å²) in [7, 11) is 0. The Hall–Kier alpha value is -1.38. The van der Waals surface area contributed by atoms with Gasteiger partial charge in [0.25, 0.3) is 0 Å². The molecular weight excluding hydrogens is 286 g/mol. The van der Waals surface area contributed by atoms with Crippen molar-refractivity contribution < 1.29 is 20.1 Å². The van der Waals surface area contributed by atoms with Crippen molar-refractivity contribution in [3.8, 4) is 0 Å². The second-order valence-corrected chi connectivity index (χ2v) is 5.07. The molecule has 1 unspecified atom stereocenters. The molecule has 1 aliphatic heterocycles. The topological polar surface area (TPSA) is 114 Å². The summed E-state index contributed by atoms with van der Waals surface area (Å²) in [6.07, 6.45) is -4.21. The van der Waals surface area contributed by atoms with Crippen LogP contribution < -0.4 is 5.73 Å². The van der Waals surface area contributed by atoms with Crippen molar-refractivity contribution >= 4 is 28.3 Å². The van der Waals surface area contributed by atoms with Crippen LogP contribution in [0.3, 0.4) is 0 Å². The summed E-state index contributed by atoms with van der Waals surface area (Å²) >= 11 is 6.08. The number of ether oxygens (including phenoxy) is 1. The fourth-order valence-electron chi connectivity index (χ4n) is 2.42. The Kier molecular flexibility index (Phi) is 3.31. The lowest BCUT2D eigenvalue weighted by atomic mass is 10.1. The van der Waals surface area contributed by atoms with Crippen LogP contribution in [-0.2, 0) is 4.74 Å². The highest BCUT2D eigenvalue weighted by molar-refractivity contribution is 6.29. The molecule has 1 saturated heterocycles. The molecule has 1 aliphatic rings. The second kappa shape index (κ2) is 4.87. The molecule has 0 bridgehead atoms. The van der Waals surface area contributed by atoms with Gasteiger partial charge < -0.3 is 25.8 Å². The van der Waals surface area contributed by atoms with Gasteiger partial charge >= 0.3 is 0 Å². The predicted molar refractivity (Wildman–Crippen MR) is 72.2 cm³/mol. The van der Waals surface area contributed by atoms with Crippen LogP contribution in [-0.4, -0.2) is 49.8 Å². The number of nitrogens with two attached hydrogens (primary N) is 1. The fourth-order valence-corrected chi connectivity index (χ4v) is 2.69. The lowest BCUT2D eigenvalue weighted by Crippen LogP contribution is -2.33. The first kappa shape index (κ1) is 13.6. The van der Waals surface area contributed by atoms with E-state index >= 15 is 0 Å². The molecule has 0 radical (unpaired) electrons. The molecule has 1 aromatic heterocycles. The van der Waals surface area contributed by atoms with E-state index in [0.29, 0.717) is 16.7 Å². The largest absolute Gasteiger partial charge is 0.399 e. The van der Waals surface area contributed by atoms with Crippen LogP contribution in [0.1, 0.15) is 6.23 Å². The zero-order chi connectivity index (χ0) is 14.4. The van der Waals surface area contributed by atoms with Crippen molar-refractivity contribution in [2.75, 3.05) is 12.3 Å². The van der Waals surface area contributed by atoms with E-state index in [1.807, 2.05) is 0 Å². The molecule has 0 spiro atoms. The van der Waals surface area contributed by atoms with E-state index in [-0.39, 0.29) is 5.28 Å². The van der Waals surface area contributed by atoms with E-state index in [1.165, 1.54) is 4.57 Å². The Morgan fingerprint density at radius 3 is 2.75 bits per heavy atom. The summed E-state index contributed by atoms with van der Waals surface area (Å²) in [5, 5.41) is 29.1. The number of imidazole rings is 1. The highest BCUT2D eigenvalue weighted by Gasteiger charge is 2.44. The number of rotatable bonds is 2. The molecule has 2 heterocycles. The van der Waals surface area contributed by atoms with Crippen molar-refractivity contribution in [2.24, 2.45) is 0 Å². The van der Waals surface area contributed by atoms with E-state index in [4.69, 9.17) is 27.2 Å². The molecule has 4 atom stereocenters. The number of benzene rings is 1. The number of fused-ring (bicyclic) bond motifs is 1. The molecule has 8 heteroatoms. The Bertz CT molecular complexity index is 647. The van der Waals surface area contributed by atoms with Crippen LogP contribution in [0.2, 0.25) is 5.28 Å². The van der Waals surface area contributed by atoms with Gasteiger partial charge in [0, 0.05) is 5.69 Å². The highest BCUT2D eigenvalue weighted by Crippen LogP contribution is 2.35. The van der Waals surface area contributed by atoms with Crippen molar-refractivity contribution in [1.29, 1.82) is 0 Å². The molecule has 20 heavy (non-hydrogen) atoms. The standard InChI is InChI=1S/C12H14ClN3O4/c13-12-15-6-2-1-5(14)3-7(6)16(12)11-10(19)9(18)8(4-17)20-11/h1-3,8-11,17-19H,4,14H2/t8-,9-,10-,11?/m1/s1. The van der Waals surface area contributed by atoms with E-state index in [0.717, 1.165) is 0 Å². The lowest BCUT2D eigenvalue weighted by Gasteiger charge is -2.18. The molecule has 1 aromatic carbocycles. The predicted octanol–water partition coefficient (Wildman–Crippen LogP) is -0.117. The van der Waals surface area contributed by atoms with Gasteiger partial charge in [0.15, 0.2) is 6.23 Å². The average Bonchev–Trinajstić information content (AvgIpc) is 2.88. The third-order valence-corrected chi connectivity index (χ3v) is 3.71. The first-order valence-electron chi connectivity index (χ1n) is 6.08. The molecule has 3 rings (SSSR count). The number of aliphatic hydroxyl groups is 3. The number of hydrogen-bond donors (Lipinski definition) is 4. The van der Waals surface area contributed by atoms with Gasteiger partial charge in [0.05, 0.1) is 17.6 Å². The summed E-state index contributed by atoms with van der Waals surface area (Å²) in [6.45, 7) is -0.402. The second-order valence-electron chi connectivity index (χ2n) is 4.73.